The highest BCUT2D eigenvalue weighted by molar-refractivity contribution is 5.78. The Hall–Kier alpha value is -1.35. The van der Waals surface area contributed by atoms with Gasteiger partial charge in [0.25, 0.3) is 0 Å². The van der Waals surface area contributed by atoms with Crippen LogP contribution in [0.15, 0.2) is 30.3 Å². The topological polar surface area (TPSA) is 32.3 Å². The summed E-state index contributed by atoms with van der Waals surface area (Å²) in [6.45, 7) is 8.89. The van der Waals surface area contributed by atoms with Gasteiger partial charge < -0.3 is 10.2 Å². The first-order valence-corrected chi connectivity index (χ1v) is 8.14. The number of piperidine rings is 1. The van der Waals surface area contributed by atoms with Crippen LogP contribution in [0.5, 0.6) is 0 Å². The van der Waals surface area contributed by atoms with Crippen LogP contribution < -0.4 is 5.32 Å². The van der Waals surface area contributed by atoms with Crippen molar-refractivity contribution in [1.82, 2.24) is 10.2 Å². The van der Waals surface area contributed by atoms with Gasteiger partial charge >= 0.3 is 0 Å². The molecule has 0 saturated carbocycles. The fourth-order valence-electron chi connectivity index (χ4n) is 3.00. The predicted octanol–water partition coefficient (Wildman–Crippen LogP) is 3.03. The summed E-state index contributed by atoms with van der Waals surface area (Å²) in [6, 6.07) is 10.8. The second-order valence-electron chi connectivity index (χ2n) is 6.46. The van der Waals surface area contributed by atoms with Crippen LogP contribution in [0, 0.1) is 5.92 Å². The van der Waals surface area contributed by atoms with Crippen molar-refractivity contribution in [2.24, 2.45) is 5.92 Å². The zero-order chi connectivity index (χ0) is 15.2. The van der Waals surface area contributed by atoms with Crippen LogP contribution in [-0.2, 0) is 4.79 Å². The first kappa shape index (κ1) is 16.0. The second-order valence-corrected chi connectivity index (χ2v) is 6.46. The van der Waals surface area contributed by atoms with Gasteiger partial charge in [-0.15, -0.1) is 0 Å². The third kappa shape index (κ3) is 4.57. The molecule has 3 atom stereocenters. The third-order valence-corrected chi connectivity index (χ3v) is 4.66. The van der Waals surface area contributed by atoms with Gasteiger partial charge in [-0.3, -0.25) is 4.79 Å². The van der Waals surface area contributed by atoms with Gasteiger partial charge in [0.15, 0.2) is 0 Å². The molecular formula is C18H28N2O. The zero-order valence-corrected chi connectivity index (χ0v) is 13.5. The number of nitrogens with zero attached hydrogens (tertiary/aromatic N) is 1. The van der Waals surface area contributed by atoms with E-state index in [1.807, 2.05) is 11.0 Å². The monoisotopic (exact) mass is 288 g/mol. The molecule has 0 unspecified atom stereocenters. The zero-order valence-electron chi connectivity index (χ0n) is 13.5. The van der Waals surface area contributed by atoms with Crippen LogP contribution in [0.25, 0.3) is 0 Å². The Morgan fingerprint density at radius 1 is 1.33 bits per heavy atom. The highest BCUT2D eigenvalue weighted by atomic mass is 16.2. The molecule has 1 fully saturated rings. The van der Waals surface area contributed by atoms with Crippen molar-refractivity contribution in [2.75, 3.05) is 19.6 Å². The van der Waals surface area contributed by atoms with Crippen LogP contribution in [-0.4, -0.2) is 36.5 Å². The van der Waals surface area contributed by atoms with E-state index in [2.05, 4.69) is 50.4 Å². The number of hydrogen-bond donors (Lipinski definition) is 1. The van der Waals surface area contributed by atoms with E-state index in [9.17, 15) is 4.79 Å². The molecule has 116 valence electrons. The van der Waals surface area contributed by atoms with Crippen molar-refractivity contribution in [3.05, 3.63) is 35.9 Å². The standard InChI is InChI=1S/C18H28N2O/c1-14-8-7-11-20(13-14)18(21)12-19-16(3)15(2)17-9-5-4-6-10-17/h4-6,9-10,14-16,19H,7-8,11-13H2,1-3H3/t14-,15-,16+/m1/s1. The number of hydrogen-bond acceptors (Lipinski definition) is 2. The molecular weight excluding hydrogens is 260 g/mol. The van der Waals surface area contributed by atoms with E-state index in [4.69, 9.17) is 0 Å². The summed E-state index contributed by atoms with van der Waals surface area (Å²) < 4.78 is 0. The van der Waals surface area contributed by atoms with Gasteiger partial charge in [0.1, 0.15) is 0 Å². The Bertz CT molecular complexity index is 446. The third-order valence-electron chi connectivity index (χ3n) is 4.66. The predicted molar refractivity (Wildman–Crippen MR) is 87.3 cm³/mol. The quantitative estimate of drug-likeness (QED) is 0.903. The lowest BCUT2D eigenvalue weighted by atomic mass is 9.94. The maximum Gasteiger partial charge on any atom is 0.236 e. The molecule has 0 aromatic heterocycles. The Morgan fingerprint density at radius 2 is 2.05 bits per heavy atom. The number of amides is 1. The summed E-state index contributed by atoms with van der Waals surface area (Å²) in [5.41, 5.74) is 1.32. The number of rotatable bonds is 5. The lowest BCUT2D eigenvalue weighted by molar-refractivity contribution is -0.132. The van der Waals surface area contributed by atoms with Crippen LogP contribution in [0.1, 0.15) is 45.1 Å². The number of carbonyl (C=O) groups is 1. The molecule has 1 aromatic rings. The minimum absolute atomic E-state index is 0.244. The summed E-state index contributed by atoms with van der Waals surface area (Å²) in [5, 5.41) is 3.40. The van der Waals surface area contributed by atoms with Crippen LogP contribution in [0.2, 0.25) is 0 Å². The van der Waals surface area contributed by atoms with Gasteiger partial charge in [-0.2, -0.15) is 0 Å². The Kier molecular flexibility index (Phi) is 5.80. The molecule has 3 heteroatoms. The van der Waals surface area contributed by atoms with E-state index < -0.39 is 0 Å². The first-order chi connectivity index (χ1) is 10.1. The van der Waals surface area contributed by atoms with Gasteiger partial charge in [-0.25, -0.2) is 0 Å². The molecule has 21 heavy (non-hydrogen) atoms. The van der Waals surface area contributed by atoms with Crippen molar-refractivity contribution in [3.8, 4) is 0 Å². The molecule has 2 rings (SSSR count). The highest BCUT2D eigenvalue weighted by Gasteiger charge is 2.22. The number of carbonyl (C=O) groups excluding carboxylic acids is 1. The van der Waals surface area contributed by atoms with Gasteiger partial charge in [0, 0.05) is 19.1 Å². The minimum atomic E-state index is 0.244. The fraction of sp³-hybridized carbons (Fsp3) is 0.611. The van der Waals surface area contributed by atoms with Crippen molar-refractivity contribution in [3.63, 3.8) is 0 Å². The Morgan fingerprint density at radius 3 is 2.71 bits per heavy atom. The van der Waals surface area contributed by atoms with Crippen LogP contribution in [0.3, 0.4) is 0 Å². The first-order valence-electron chi connectivity index (χ1n) is 8.14. The summed E-state index contributed by atoms with van der Waals surface area (Å²) in [7, 11) is 0. The Labute approximate surface area is 128 Å². The van der Waals surface area contributed by atoms with Crippen LogP contribution >= 0.6 is 0 Å². The minimum Gasteiger partial charge on any atom is -0.341 e. The lowest BCUT2D eigenvalue weighted by Gasteiger charge is -2.32. The molecule has 0 bridgehead atoms. The summed E-state index contributed by atoms with van der Waals surface area (Å²) in [5.74, 6) is 1.29. The van der Waals surface area contributed by atoms with E-state index in [-0.39, 0.29) is 5.91 Å². The maximum absolute atomic E-state index is 12.3. The molecule has 3 nitrogen and oxygen atoms in total. The highest BCUT2D eigenvalue weighted by Crippen LogP contribution is 2.19. The van der Waals surface area contributed by atoms with Crippen molar-refractivity contribution in [2.45, 2.75) is 45.6 Å². The second kappa shape index (κ2) is 7.60. The van der Waals surface area contributed by atoms with Crippen molar-refractivity contribution < 1.29 is 4.79 Å². The number of likely N-dealkylation sites (tertiary alicyclic amines) is 1. The number of nitrogens with one attached hydrogen (secondary N) is 1. The van der Waals surface area contributed by atoms with Crippen LogP contribution in [0.4, 0.5) is 0 Å². The van der Waals surface area contributed by atoms with Crippen molar-refractivity contribution >= 4 is 5.91 Å². The summed E-state index contributed by atoms with van der Waals surface area (Å²) in [4.78, 5) is 14.3. The SMILES string of the molecule is C[C@@H]1CCCN(C(=O)CN[C@@H](C)[C@@H](C)c2ccccc2)C1. The molecule has 1 amide bonds. The average molecular weight is 288 g/mol. The molecule has 1 heterocycles. The number of benzene rings is 1. The molecule has 1 aliphatic rings. The van der Waals surface area contributed by atoms with Gasteiger partial charge in [-0.05, 0) is 37.2 Å². The molecule has 0 radical (unpaired) electrons. The molecule has 1 aromatic carbocycles. The molecule has 1 aliphatic heterocycles. The summed E-state index contributed by atoms with van der Waals surface area (Å²) in [6.07, 6.45) is 2.39. The van der Waals surface area contributed by atoms with Gasteiger partial charge in [-0.1, -0.05) is 44.2 Å². The Balaban J connectivity index is 1.80. The van der Waals surface area contributed by atoms with E-state index in [0.717, 1.165) is 19.5 Å². The van der Waals surface area contributed by atoms with Gasteiger partial charge in [0.05, 0.1) is 6.54 Å². The smallest absolute Gasteiger partial charge is 0.236 e. The molecule has 1 saturated heterocycles. The molecule has 0 aliphatic carbocycles. The van der Waals surface area contributed by atoms with E-state index in [1.54, 1.807) is 0 Å². The lowest BCUT2D eigenvalue weighted by Crippen LogP contribution is -2.45. The normalized spacial score (nSPS) is 21.9. The maximum atomic E-state index is 12.3. The molecule has 0 spiro atoms. The van der Waals surface area contributed by atoms with E-state index in [0.29, 0.717) is 24.4 Å². The van der Waals surface area contributed by atoms with Crippen molar-refractivity contribution in [1.29, 1.82) is 0 Å². The fourth-order valence-corrected chi connectivity index (χ4v) is 3.00. The van der Waals surface area contributed by atoms with Gasteiger partial charge in [0.2, 0.25) is 5.91 Å². The van der Waals surface area contributed by atoms with E-state index in [1.165, 1.54) is 12.0 Å². The molecule has 1 N–H and O–H groups in total. The largest absolute Gasteiger partial charge is 0.341 e. The van der Waals surface area contributed by atoms with E-state index >= 15 is 0 Å². The summed E-state index contributed by atoms with van der Waals surface area (Å²) >= 11 is 0. The average Bonchev–Trinajstić information content (AvgIpc) is 2.52.